The summed E-state index contributed by atoms with van der Waals surface area (Å²) < 4.78 is 5.24. The minimum absolute atomic E-state index is 0.0260. The maximum Gasteiger partial charge on any atom is 0.251 e. The summed E-state index contributed by atoms with van der Waals surface area (Å²) >= 11 is 0. The van der Waals surface area contributed by atoms with Crippen molar-refractivity contribution in [1.29, 1.82) is 0 Å². The van der Waals surface area contributed by atoms with Crippen molar-refractivity contribution in [3.8, 4) is 5.75 Å². The molecule has 1 fully saturated rings. The van der Waals surface area contributed by atoms with Crippen LogP contribution in [0.4, 0.5) is 5.69 Å². The number of ether oxygens (including phenoxy) is 1. The summed E-state index contributed by atoms with van der Waals surface area (Å²) in [7, 11) is 1.55. The molecular weight excluding hydrogens is 260 g/mol. The van der Waals surface area contributed by atoms with Gasteiger partial charge in [0.2, 0.25) is 5.91 Å². The van der Waals surface area contributed by atoms with Crippen molar-refractivity contribution in [3.63, 3.8) is 0 Å². The third kappa shape index (κ3) is 2.75. The van der Waals surface area contributed by atoms with Crippen LogP contribution in [0.3, 0.4) is 0 Å². The first-order valence-electron chi connectivity index (χ1n) is 6.45. The fourth-order valence-corrected chi connectivity index (χ4v) is 2.23. The smallest absolute Gasteiger partial charge is 0.251 e. The van der Waals surface area contributed by atoms with Crippen LogP contribution in [0.1, 0.15) is 6.92 Å². The normalized spacial score (nSPS) is 17.1. The van der Waals surface area contributed by atoms with E-state index in [2.05, 4.69) is 0 Å². The Morgan fingerprint density at radius 2 is 2.05 bits per heavy atom. The Balaban J connectivity index is 2.14. The Labute approximate surface area is 117 Å². The topological polar surface area (TPSA) is 70.1 Å². The maximum absolute atomic E-state index is 12.2. The lowest BCUT2D eigenvalue weighted by Crippen LogP contribution is -2.54. The first-order chi connectivity index (χ1) is 9.54. The van der Waals surface area contributed by atoms with Crippen LogP contribution in [-0.2, 0) is 9.59 Å². The van der Waals surface area contributed by atoms with Crippen LogP contribution in [0.15, 0.2) is 24.3 Å². The average molecular weight is 278 g/mol. The number of benzene rings is 1. The summed E-state index contributed by atoms with van der Waals surface area (Å²) in [6.07, 6.45) is -1.08. The predicted molar refractivity (Wildman–Crippen MR) is 73.6 cm³/mol. The fourth-order valence-electron chi connectivity index (χ4n) is 2.23. The second-order valence-electron chi connectivity index (χ2n) is 4.65. The second kappa shape index (κ2) is 5.92. The van der Waals surface area contributed by atoms with Crippen LogP contribution in [0.5, 0.6) is 5.75 Å². The summed E-state index contributed by atoms with van der Waals surface area (Å²) in [5, 5.41) is 9.29. The van der Waals surface area contributed by atoms with Crippen molar-refractivity contribution in [3.05, 3.63) is 24.3 Å². The third-order valence-corrected chi connectivity index (χ3v) is 3.27. The second-order valence-corrected chi connectivity index (χ2v) is 4.65. The van der Waals surface area contributed by atoms with E-state index >= 15 is 0 Å². The molecule has 1 saturated heterocycles. The predicted octanol–water partition coefficient (Wildman–Crippen LogP) is 0.251. The Morgan fingerprint density at radius 1 is 1.35 bits per heavy atom. The maximum atomic E-state index is 12.2. The molecule has 1 aromatic rings. The molecular formula is C14H18N2O4. The molecule has 0 radical (unpaired) electrons. The molecule has 1 N–H and O–H groups in total. The van der Waals surface area contributed by atoms with E-state index in [0.717, 1.165) is 0 Å². The summed E-state index contributed by atoms with van der Waals surface area (Å²) in [6.45, 7) is 2.16. The molecule has 0 aromatic heterocycles. The van der Waals surface area contributed by atoms with E-state index in [9.17, 15) is 14.7 Å². The molecule has 1 aliphatic rings. The number of amides is 2. The summed E-state index contributed by atoms with van der Waals surface area (Å²) in [4.78, 5) is 26.9. The number of carbonyl (C=O) groups excluding carboxylic acids is 2. The van der Waals surface area contributed by atoms with Gasteiger partial charge in [-0.3, -0.25) is 9.59 Å². The number of hydrogen-bond acceptors (Lipinski definition) is 4. The highest BCUT2D eigenvalue weighted by Gasteiger charge is 2.30. The lowest BCUT2D eigenvalue weighted by atomic mass is 10.2. The number of hydrogen-bond donors (Lipinski definition) is 1. The van der Waals surface area contributed by atoms with Crippen molar-refractivity contribution in [2.24, 2.45) is 0 Å². The number of anilines is 1. The molecule has 0 bridgehead atoms. The number of para-hydroxylation sites is 2. The van der Waals surface area contributed by atoms with Gasteiger partial charge in [0.25, 0.3) is 5.91 Å². The summed E-state index contributed by atoms with van der Waals surface area (Å²) in [5.41, 5.74) is 0.698. The van der Waals surface area contributed by atoms with E-state index < -0.39 is 12.0 Å². The molecule has 1 aliphatic heterocycles. The van der Waals surface area contributed by atoms with Gasteiger partial charge >= 0.3 is 0 Å². The highest BCUT2D eigenvalue weighted by molar-refractivity contribution is 5.99. The highest BCUT2D eigenvalue weighted by Crippen LogP contribution is 2.28. The number of rotatable bonds is 3. The van der Waals surface area contributed by atoms with Crippen LogP contribution < -0.4 is 9.64 Å². The Kier molecular flexibility index (Phi) is 4.24. The van der Waals surface area contributed by atoms with Crippen LogP contribution in [0.2, 0.25) is 0 Å². The Hall–Kier alpha value is -2.08. The van der Waals surface area contributed by atoms with E-state index in [4.69, 9.17) is 4.74 Å². The molecule has 1 heterocycles. The Bertz CT molecular complexity index is 516. The SMILES string of the molecule is COc1ccccc1N1CCN(C(=O)[C@H](C)O)CC1=O. The number of carbonyl (C=O) groups is 2. The van der Waals surface area contributed by atoms with Gasteiger partial charge in [0.05, 0.1) is 12.8 Å². The van der Waals surface area contributed by atoms with Gasteiger partial charge in [-0.15, -0.1) is 0 Å². The van der Waals surface area contributed by atoms with E-state index in [1.54, 1.807) is 18.1 Å². The van der Waals surface area contributed by atoms with Crippen molar-refractivity contribution < 1.29 is 19.4 Å². The molecule has 6 nitrogen and oxygen atoms in total. The quantitative estimate of drug-likeness (QED) is 0.860. The van der Waals surface area contributed by atoms with Crippen molar-refractivity contribution >= 4 is 17.5 Å². The summed E-state index contributed by atoms with van der Waals surface area (Å²) in [5.74, 6) is 0.0175. The molecule has 6 heteroatoms. The van der Waals surface area contributed by atoms with Crippen LogP contribution in [0, 0.1) is 0 Å². The third-order valence-electron chi connectivity index (χ3n) is 3.27. The molecule has 2 amide bonds. The lowest BCUT2D eigenvalue weighted by Gasteiger charge is -2.35. The number of methoxy groups -OCH3 is 1. The average Bonchev–Trinajstić information content (AvgIpc) is 2.46. The number of nitrogens with zero attached hydrogens (tertiary/aromatic N) is 2. The zero-order valence-corrected chi connectivity index (χ0v) is 11.6. The van der Waals surface area contributed by atoms with Gasteiger partial charge in [-0.1, -0.05) is 12.1 Å². The molecule has 2 rings (SSSR count). The minimum atomic E-state index is -1.08. The van der Waals surface area contributed by atoms with Gasteiger partial charge in [0.15, 0.2) is 0 Å². The molecule has 1 aromatic carbocycles. The van der Waals surface area contributed by atoms with Gasteiger partial charge in [0, 0.05) is 13.1 Å². The molecule has 1 atom stereocenters. The zero-order valence-electron chi connectivity index (χ0n) is 11.6. The van der Waals surface area contributed by atoms with Gasteiger partial charge in [-0.2, -0.15) is 0 Å². The van der Waals surface area contributed by atoms with E-state index in [1.165, 1.54) is 11.8 Å². The largest absolute Gasteiger partial charge is 0.495 e. The van der Waals surface area contributed by atoms with Gasteiger partial charge in [-0.05, 0) is 19.1 Å². The summed E-state index contributed by atoms with van der Waals surface area (Å²) in [6, 6.07) is 7.26. The van der Waals surface area contributed by atoms with Crippen LogP contribution >= 0.6 is 0 Å². The van der Waals surface area contributed by atoms with E-state index in [1.807, 2.05) is 18.2 Å². The molecule has 20 heavy (non-hydrogen) atoms. The van der Waals surface area contributed by atoms with Crippen LogP contribution in [0.25, 0.3) is 0 Å². The molecule has 0 aliphatic carbocycles. The van der Waals surface area contributed by atoms with E-state index in [-0.39, 0.29) is 12.5 Å². The highest BCUT2D eigenvalue weighted by atomic mass is 16.5. The van der Waals surface area contributed by atoms with Gasteiger partial charge < -0.3 is 19.6 Å². The molecule has 0 saturated carbocycles. The Morgan fingerprint density at radius 3 is 2.65 bits per heavy atom. The number of aliphatic hydroxyl groups is 1. The lowest BCUT2D eigenvalue weighted by molar-refractivity contribution is -0.143. The van der Waals surface area contributed by atoms with Crippen LogP contribution in [-0.4, -0.2) is 54.7 Å². The van der Waals surface area contributed by atoms with Crippen molar-refractivity contribution in [2.75, 3.05) is 31.6 Å². The molecule has 0 spiro atoms. The zero-order chi connectivity index (χ0) is 14.7. The minimum Gasteiger partial charge on any atom is -0.495 e. The first kappa shape index (κ1) is 14.3. The van der Waals surface area contributed by atoms with Gasteiger partial charge in [-0.25, -0.2) is 0 Å². The van der Waals surface area contributed by atoms with Gasteiger partial charge in [0.1, 0.15) is 18.4 Å². The monoisotopic (exact) mass is 278 g/mol. The molecule has 0 unspecified atom stereocenters. The van der Waals surface area contributed by atoms with E-state index in [0.29, 0.717) is 24.5 Å². The fraction of sp³-hybridized carbons (Fsp3) is 0.429. The number of aliphatic hydroxyl groups excluding tert-OH is 1. The first-order valence-corrected chi connectivity index (χ1v) is 6.45. The molecule has 108 valence electrons. The standard InChI is InChI=1S/C14H18N2O4/c1-10(17)14(19)15-7-8-16(13(18)9-15)11-5-3-4-6-12(11)20-2/h3-6,10,17H,7-9H2,1-2H3/t10-/m0/s1. The van der Waals surface area contributed by atoms with Crippen molar-refractivity contribution in [2.45, 2.75) is 13.0 Å². The number of piperazine rings is 1. The van der Waals surface area contributed by atoms with Crippen molar-refractivity contribution in [1.82, 2.24) is 4.90 Å².